The Morgan fingerprint density at radius 2 is 1.74 bits per heavy atom. The molecule has 0 spiro atoms. The van der Waals surface area contributed by atoms with Crippen molar-refractivity contribution in [2.45, 2.75) is 0 Å². The monoisotopic (exact) mass is 248 g/mol. The van der Waals surface area contributed by atoms with Crippen LogP contribution in [0.4, 0.5) is 0 Å². The fraction of sp³-hybridized carbons (Fsp3) is 0.0625. The van der Waals surface area contributed by atoms with E-state index in [1.54, 1.807) is 7.11 Å². The van der Waals surface area contributed by atoms with E-state index in [4.69, 9.17) is 4.74 Å². The lowest BCUT2D eigenvalue weighted by Gasteiger charge is -2.09. The van der Waals surface area contributed by atoms with Crippen LogP contribution >= 0.6 is 0 Å². The standard InChI is InChI=1S/C16H12N2O/c1-19-11-6-7-12-13-4-2-3-5-15(13)18-16(8-9-17-18)14(12)10-11/h2-10H,1H3. The average Bonchev–Trinajstić information content (AvgIpc) is 2.97. The predicted molar refractivity (Wildman–Crippen MR) is 76.8 cm³/mol. The third-order valence-electron chi connectivity index (χ3n) is 3.57. The molecule has 0 radical (unpaired) electrons. The van der Waals surface area contributed by atoms with Gasteiger partial charge in [0, 0.05) is 10.8 Å². The van der Waals surface area contributed by atoms with E-state index < -0.39 is 0 Å². The Morgan fingerprint density at radius 3 is 2.63 bits per heavy atom. The van der Waals surface area contributed by atoms with Gasteiger partial charge in [0.1, 0.15) is 5.75 Å². The minimum atomic E-state index is 0.867. The summed E-state index contributed by atoms with van der Waals surface area (Å²) >= 11 is 0. The van der Waals surface area contributed by atoms with Crippen LogP contribution in [0.15, 0.2) is 54.7 Å². The second-order valence-corrected chi connectivity index (χ2v) is 4.56. The molecule has 0 saturated heterocycles. The highest BCUT2D eigenvalue weighted by molar-refractivity contribution is 6.12. The van der Waals surface area contributed by atoms with Crippen LogP contribution in [-0.4, -0.2) is 16.7 Å². The van der Waals surface area contributed by atoms with Gasteiger partial charge in [0.05, 0.1) is 24.3 Å². The van der Waals surface area contributed by atoms with Crippen molar-refractivity contribution in [1.82, 2.24) is 9.61 Å². The van der Waals surface area contributed by atoms with E-state index in [2.05, 4.69) is 35.4 Å². The van der Waals surface area contributed by atoms with Crippen molar-refractivity contribution in [3.8, 4) is 5.75 Å². The summed E-state index contributed by atoms with van der Waals surface area (Å²) in [5, 5.41) is 8.02. The van der Waals surface area contributed by atoms with Crippen LogP contribution < -0.4 is 4.74 Å². The Balaban J connectivity index is 2.34. The van der Waals surface area contributed by atoms with Crippen molar-refractivity contribution in [2.75, 3.05) is 7.11 Å². The molecular formula is C16H12N2O. The van der Waals surface area contributed by atoms with E-state index in [-0.39, 0.29) is 0 Å². The van der Waals surface area contributed by atoms with Gasteiger partial charge >= 0.3 is 0 Å². The molecule has 4 rings (SSSR count). The summed E-state index contributed by atoms with van der Waals surface area (Å²) in [6.45, 7) is 0. The largest absolute Gasteiger partial charge is 0.497 e. The molecule has 0 aliphatic carbocycles. The molecule has 19 heavy (non-hydrogen) atoms. The molecule has 0 bridgehead atoms. The highest BCUT2D eigenvalue weighted by Gasteiger charge is 2.09. The maximum atomic E-state index is 5.33. The van der Waals surface area contributed by atoms with E-state index in [0.717, 1.165) is 22.2 Å². The highest BCUT2D eigenvalue weighted by atomic mass is 16.5. The number of pyridine rings is 1. The Kier molecular flexibility index (Phi) is 2.03. The SMILES string of the molecule is COc1ccc2c3ccccc3n3nccc3c2c1. The van der Waals surface area contributed by atoms with Gasteiger partial charge in [-0.25, -0.2) is 4.52 Å². The summed E-state index contributed by atoms with van der Waals surface area (Å²) in [4.78, 5) is 0. The first-order chi connectivity index (χ1) is 9.38. The highest BCUT2D eigenvalue weighted by Crippen LogP contribution is 2.31. The summed E-state index contributed by atoms with van der Waals surface area (Å²) < 4.78 is 7.31. The molecule has 0 atom stereocenters. The van der Waals surface area contributed by atoms with E-state index >= 15 is 0 Å². The molecule has 0 amide bonds. The van der Waals surface area contributed by atoms with E-state index in [9.17, 15) is 0 Å². The van der Waals surface area contributed by atoms with Gasteiger partial charge in [-0.3, -0.25) is 0 Å². The number of nitrogens with zero attached hydrogens (tertiary/aromatic N) is 2. The van der Waals surface area contributed by atoms with Crippen molar-refractivity contribution >= 4 is 27.2 Å². The number of aromatic nitrogens is 2. The van der Waals surface area contributed by atoms with Crippen molar-refractivity contribution in [3.05, 3.63) is 54.7 Å². The molecule has 4 aromatic rings. The first-order valence-electron chi connectivity index (χ1n) is 6.21. The lowest BCUT2D eigenvalue weighted by molar-refractivity contribution is 0.415. The first-order valence-corrected chi connectivity index (χ1v) is 6.21. The van der Waals surface area contributed by atoms with Crippen LogP contribution in [0.2, 0.25) is 0 Å². The van der Waals surface area contributed by atoms with Gasteiger partial charge in [0.15, 0.2) is 0 Å². The van der Waals surface area contributed by atoms with E-state index in [1.165, 1.54) is 10.8 Å². The molecule has 0 fully saturated rings. The number of methoxy groups -OCH3 is 1. The van der Waals surface area contributed by atoms with Gasteiger partial charge in [-0.15, -0.1) is 0 Å². The molecule has 92 valence electrons. The van der Waals surface area contributed by atoms with E-state index in [0.29, 0.717) is 0 Å². The number of rotatable bonds is 1. The topological polar surface area (TPSA) is 26.5 Å². The lowest BCUT2D eigenvalue weighted by Crippen LogP contribution is -1.92. The minimum Gasteiger partial charge on any atom is -0.497 e. The number of hydrogen-bond donors (Lipinski definition) is 0. The van der Waals surface area contributed by atoms with Crippen LogP contribution in [0.1, 0.15) is 0 Å². The van der Waals surface area contributed by atoms with Crippen LogP contribution in [0.25, 0.3) is 27.2 Å². The Morgan fingerprint density at radius 1 is 0.895 bits per heavy atom. The quantitative estimate of drug-likeness (QED) is 0.481. The molecular weight excluding hydrogens is 236 g/mol. The second-order valence-electron chi connectivity index (χ2n) is 4.56. The van der Waals surface area contributed by atoms with Gasteiger partial charge < -0.3 is 4.74 Å². The number of ether oxygens (including phenoxy) is 1. The second kappa shape index (κ2) is 3.72. The predicted octanol–water partition coefficient (Wildman–Crippen LogP) is 3.65. The Hall–Kier alpha value is -2.55. The smallest absolute Gasteiger partial charge is 0.119 e. The fourth-order valence-corrected chi connectivity index (χ4v) is 2.68. The summed E-state index contributed by atoms with van der Waals surface area (Å²) in [5.74, 6) is 0.867. The summed E-state index contributed by atoms with van der Waals surface area (Å²) in [6.07, 6.45) is 1.83. The maximum absolute atomic E-state index is 5.33. The molecule has 3 heteroatoms. The molecule has 0 aliphatic rings. The third kappa shape index (κ3) is 1.35. The summed E-state index contributed by atoms with van der Waals surface area (Å²) in [5.41, 5.74) is 2.23. The normalized spacial score (nSPS) is 11.4. The lowest BCUT2D eigenvalue weighted by atomic mass is 10.0. The molecule has 0 unspecified atom stereocenters. The molecule has 0 aliphatic heterocycles. The fourth-order valence-electron chi connectivity index (χ4n) is 2.68. The number of para-hydroxylation sites is 1. The summed E-state index contributed by atoms with van der Waals surface area (Å²) in [7, 11) is 1.69. The first kappa shape index (κ1) is 10.4. The van der Waals surface area contributed by atoms with Crippen LogP contribution in [0, 0.1) is 0 Å². The van der Waals surface area contributed by atoms with Crippen LogP contribution in [-0.2, 0) is 0 Å². The zero-order valence-corrected chi connectivity index (χ0v) is 10.5. The summed E-state index contributed by atoms with van der Waals surface area (Å²) in [6, 6.07) is 16.5. The van der Waals surface area contributed by atoms with Gasteiger partial charge in [-0.2, -0.15) is 5.10 Å². The zero-order valence-electron chi connectivity index (χ0n) is 10.5. The molecule has 0 saturated carbocycles. The minimum absolute atomic E-state index is 0.867. The van der Waals surface area contributed by atoms with Gasteiger partial charge in [0.25, 0.3) is 0 Å². The van der Waals surface area contributed by atoms with Gasteiger partial charge in [-0.05, 0) is 35.7 Å². The Bertz CT molecular complexity index is 908. The van der Waals surface area contributed by atoms with Gasteiger partial charge in [0.2, 0.25) is 0 Å². The van der Waals surface area contributed by atoms with Gasteiger partial charge in [-0.1, -0.05) is 18.2 Å². The third-order valence-corrected chi connectivity index (χ3v) is 3.57. The van der Waals surface area contributed by atoms with Crippen LogP contribution in [0.3, 0.4) is 0 Å². The Labute approximate surface area is 110 Å². The van der Waals surface area contributed by atoms with Crippen LogP contribution in [0.5, 0.6) is 5.75 Å². The molecule has 2 heterocycles. The van der Waals surface area contributed by atoms with Crippen molar-refractivity contribution in [2.24, 2.45) is 0 Å². The van der Waals surface area contributed by atoms with Crippen molar-refractivity contribution in [1.29, 1.82) is 0 Å². The molecule has 3 nitrogen and oxygen atoms in total. The van der Waals surface area contributed by atoms with E-state index in [1.807, 2.05) is 28.9 Å². The van der Waals surface area contributed by atoms with Crippen molar-refractivity contribution < 1.29 is 4.74 Å². The molecule has 0 N–H and O–H groups in total. The number of hydrogen-bond acceptors (Lipinski definition) is 2. The zero-order chi connectivity index (χ0) is 12.8. The number of benzene rings is 2. The molecule has 2 aromatic heterocycles. The molecule has 2 aromatic carbocycles. The maximum Gasteiger partial charge on any atom is 0.119 e. The average molecular weight is 248 g/mol. The number of fused-ring (bicyclic) bond motifs is 6. The van der Waals surface area contributed by atoms with Crippen molar-refractivity contribution in [3.63, 3.8) is 0 Å².